The molecule has 0 aliphatic heterocycles. The van der Waals surface area contributed by atoms with Crippen molar-refractivity contribution in [1.82, 2.24) is 0 Å². The monoisotopic (exact) mass is 127 g/mol. The predicted octanol–water partition coefficient (Wildman–Crippen LogP) is 2.03. The van der Waals surface area contributed by atoms with E-state index in [2.05, 4.69) is 12.1 Å². The van der Waals surface area contributed by atoms with Crippen LogP contribution in [0.3, 0.4) is 0 Å². The molecule has 0 bridgehead atoms. The van der Waals surface area contributed by atoms with E-state index < -0.39 is 0 Å². The Morgan fingerprint density at radius 2 is 2.33 bits per heavy atom. The lowest BCUT2D eigenvalue weighted by Crippen LogP contribution is -2.15. The Bertz CT molecular complexity index is 120. The molecule has 0 aromatic carbocycles. The maximum absolute atomic E-state index is 8.45. The zero-order valence-corrected chi connectivity index (χ0v) is 5.80. The second-order valence-electron chi connectivity index (χ2n) is 2.74. The van der Waals surface area contributed by atoms with E-state index in [1.165, 1.54) is 19.3 Å². The Hall–Kier alpha value is -0.530. The Morgan fingerprint density at radius 3 is 2.78 bits per heavy atom. The van der Waals surface area contributed by atoms with Crippen LogP contribution >= 0.6 is 0 Å². The van der Waals surface area contributed by atoms with Crippen molar-refractivity contribution in [2.75, 3.05) is 0 Å². The molecule has 0 aromatic rings. The predicted molar refractivity (Wildman–Crippen MR) is 36.9 cm³/mol. The van der Waals surface area contributed by atoms with Gasteiger partial charge in [-0.05, 0) is 25.2 Å². The fourth-order valence-corrected chi connectivity index (χ4v) is 1.32. The zero-order chi connectivity index (χ0) is 6.69. The third-order valence-corrected chi connectivity index (χ3v) is 2.02. The number of rotatable bonds is 0. The van der Waals surface area contributed by atoms with Crippen molar-refractivity contribution in [3.8, 4) is 0 Å². The van der Waals surface area contributed by atoms with Gasteiger partial charge in [-0.1, -0.05) is 18.5 Å². The molecule has 0 aromatic heterocycles. The first-order valence-electron chi connectivity index (χ1n) is 3.55. The summed E-state index contributed by atoms with van der Waals surface area (Å²) >= 11 is 0. The van der Waals surface area contributed by atoms with E-state index >= 15 is 0 Å². The molecule has 0 spiro atoms. The van der Waals surface area contributed by atoms with Gasteiger partial charge in [-0.15, -0.1) is 0 Å². The van der Waals surface area contributed by atoms with E-state index in [9.17, 15) is 0 Å². The van der Waals surface area contributed by atoms with Crippen molar-refractivity contribution >= 4 is 5.71 Å². The van der Waals surface area contributed by atoms with Gasteiger partial charge in [0.05, 0.1) is 5.71 Å². The van der Waals surface area contributed by atoms with Gasteiger partial charge < -0.3 is 5.21 Å². The molecule has 9 heavy (non-hydrogen) atoms. The van der Waals surface area contributed by atoms with Crippen LogP contribution in [0.25, 0.3) is 0 Å². The lowest BCUT2D eigenvalue weighted by Gasteiger charge is -2.17. The summed E-state index contributed by atoms with van der Waals surface area (Å²) in [7, 11) is 0. The Labute approximate surface area is 55.6 Å². The highest BCUT2D eigenvalue weighted by atomic mass is 16.4. The first-order valence-corrected chi connectivity index (χ1v) is 3.55. The number of hydrogen-bond acceptors (Lipinski definition) is 2. The van der Waals surface area contributed by atoms with Gasteiger partial charge in [-0.3, -0.25) is 0 Å². The molecule has 0 radical (unpaired) electrons. The highest BCUT2D eigenvalue weighted by molar-refractivity contribution is 5.86. The molecule has 1 N–H and O–H groups in total. The second kappa shape index (κ2) is 2.85. The van der Waals surface area contributed by atoms with Crippen molar-refractivity contribution < 1.29 is 5.21 Å². The molecule has 0 heterocycles. The standard InChI is InChI=1S/C7H13NO/c1-6-4-2-3-5-7(6)8-9/h6,9H,2-5H2,1H3/b8-7+/t6-/m0/s1. The van der Waals surface area contributed by atoms with Crippen molar-refractivity contribution in [3.63, 3.8) is 0 Å². The van der Waals surface area contributed by atoms with Gasteiger partial charge in [0.1, 0.15) is 0 Å². The summed E-state index contributed by atoms with van der Waals surface area (Å²) in [6.07, 6.45) is 4.68. The molecule has 0 amide bonds. The van der Waals surface area contributed by atoms with Crippen LogP contribution in [0.15, 0.2) is 5.16 Å². The minimum Gasteiger partial charge on any atom is -0.411 e. The summed E-state index contributed by atoms with van der Waals surface area (Å²) in [6.45, 7) is 2.12. The Balaban J connectivity index is 2.49. The quantitative estimate of drug-likeness (QED) is 0.392. The first-order chi connectivity index (χ1) is 4.34. The Kier molecular flexibility index (Phi) is 2.09. The van der Waals surface area contributed by atoms with E-state index in [0.717, 1.165) is 12.1 Å². The molecule has 52 valence electrons. The topological polar surface area (TPSA) is 32.6 Å². The molecule has 2 heteroatoms. The largest absolute Gasteiger partial charge is 0.411 e. The maximum Gasteiger partial charge on any atom is 0.0598 e. The van der Waals surface area contributed by atoms with Gasteiger partial charge in [0.15, 0.2) is 0 Å². The number of nitrogens with zero attached hydrogens (tertiary/aromatic N) is 1. The lowest BCUT2D eigenvalue weighted by atomic mass is 9.89. The van der Waals surface area contributed by atoms with Crippen LogP contribution in [0.1, 0.15) is 32.6 Å². The molecule has 0 unspecified atom stereocenters. The third-order valence-electron chi connectivity index (χ3n) is 2.02. The molecule has 1 atom stereocenters. The van der Waals surface area contributed by atoms with Gasteiger partial charge in [0, 0.05) is 0 Å². The van der Waals surface area contributed by atoms with Gasteiger partial charge >= 0.3 is 0 Å². The highest BCUT2D eigenvalue weighted by Crippen LogP contribution is 2.20. The van der Waals surface area contributed by atoms with Crippen molar-refractivity contribution in [2.45, 2.75) is 32.6 Å². The molecule has 0 saturated heterocycles. The molecule has 2 nitrogen and oxygen atoms in total. The maximum atomic E-state index is 8.45. The van der Waals surface area contributed by atoms with Gasteiger partial charge in [0.25, 0.3) is 0 Å². The van der Waals surface area contributed by atoms with Crippen molar-refractivity contribution in [3.05, 3.63) is 0 Å². The summed E-state index contributed by atoms with van der Waals surface area (Å²) in [4.78, 5) is 0. The van der Waals surface area contributed by atoms with Crippen LogP contribution in [-0.2, 0) is 0 Å². The average molecular weight is 127 g/mol. The number of oxime groups is 1. The van der Waals surface area contributed by atoms with Crippen molar-refractivity contribution in [2.24, 2.45) is 11.1 Å². The smallest absolute Gasteiger partial charge is 0.0598 e. The van der Waals surface area contributed by atoms with E-state index in [1.807, 2.05) is 0 Å². The Morgan fingerprint density at radius 1 is 1.56 bits per heavy atom. The van der Waals surface area contributed by atoms with Crippen LogP contribution < -0.4 is 0 Å². The lowest BCUT2D eigenvalue weighted by molar-refractivity contribution is 0.310. The summed E-state index contributed by atoms with van der Waals surface area (Å²) in [5.41, 5.74) is 0.987. The molecule has 1 aliphatic rings. The second-order valence-corrected chi connectivity index (χ2v) is 2.74. The first kappa shape index (κ1) is 6.59. The molecule has 1 aliphatic carbocycles. The van der Waals surface area contributed by atoms with Gasteiger partial charge in [-0.2, -0.15) is 0 Å². The molecule has 1 saturated carbocycles. The normalized spacial score (nSPS) is 33.0. The molecule has 1 rings (SSSR count). The fourth-order valence-electron chi connectivity index (χ4n) is 1.32. The third kappa shape index (κ3) is 1.44. The van der Waals surface area contributed by atoms with Gasteiger partial charge in [-0.25, -0.2) is 0 Å². The summed E-state index contributed by atoms with van der Waals surface area (Å²) in [5.74, 6) is 0.517. The molecular formula is C7H13NO. The fraction of sp³-hybridized carbons (Fsp3) is 0.857. The van der Waals surface area contributed by atoms with E-state index in [1.54, 1.807) is 0 Å². The van der Waals surface area contributed by atoms with Crippen LogP contribution in [0.5, 0.6) is 0 Å². The minimum atomic E-state index is 0.517. The summed E-state index contributed by atoms with van der Waals surface area (Å²) in [6, 6.07) is 0. The minimum absolute atomic E-state index is 0.517. The van der Waals surface area contributed by atoms with Crippen molar-refractivity contribution in [1.29, 1.82) is 0 Å². The summed E-state index contributed by atoms with van der Waals surface area (Å²) < 4.78 is 0. The van der Waals surface area contributed by atoms with Crippen LogP contribution in [-0.4, -0.2) is 10.9 Å². The average Bonchev–Trinajstić information content (AvgIpc) is 1.89. The highest BCUT2D eigenvalue weighted by Gasteiger charge is 2.15. The van der Waals surface area contributed by atoms with Crippen LogP contribution in [0, 0.1) is 5.92 Å². The van der Waals surface area contributed by atoms with Gasteiger partial charge in [0.2, 0.25) is 0 Å². The van der Waals surface area contributed by atoms with Crippen LogP contribution in [0.4, 0.5) is 0 Å². The summed E-state index contributed by atoms with van der Waals surface area (Å²) in [5, 5.41) is 11.7. The van der Waals surface area contributed by atoms with E-state index in [-0.39, 0.29) is 0 Å². The number of hydrogen-bond donors (Lipinski definition) is 1. The molecular weight excluding hydrogens is 114 g/mol. The van der Waals surface area contributed by atoms with Crippen LogP contribution in [0.2, 0.25) is 0 Å². The molecule has 1 fully saturated rings. The zero-order valence-electron chi connectivity index (χ0n) is 5.80. The SMILES string of the molecule is C[C@H]1CCCC/C1=N\O. The van der Waals surface area contributed by atoms with E-state index in [0.29, 0.717) is 5.92 Å². The van der Waals surface area contributed by atoms with E-state index in [4.69, 9.17) is 5.21 Å².